The molecule has 26 heavy (non-hydrogen) atoms. The van der Waals surface area contributed by atoms with Crippen LogP contribution in [0.3, 0.4) is 0 Å². The van der Waals surface area contributed by atoms with E-state index in [1.165, 1.54) is 0 Å². The van der Waals surface area contributed by atoms with E-state index in [9.17, 15) is 4.79 Å². The normalized spacial score (nSPS) is 14.6. The quantitative estimate of drug-likeness (QED) is 0.671. The fourth-order valence-corrected chi connectivity index (χ4v) is 3.11. The molecule has 3 heterocycles. The lowest BCUT2D eigenvalue weighted by molar-refractivity contribution is 0.112. The molecule has 7 heteroatoms. The number of carbonyl (C=O) groups excluding carboxylic acids is 1. The average Bonchev–Trinajstić information content (AvgIpc) is 3.16. The Balaban J connectivity index is 1.84. The monoisotopic (exact) mass is 351 g/mol. The zero-order chi connectivity index (χ0) is 18.1. The van der Waals surface area contributed by atoms with Crippen molar-refractivity contribution in [1.82, 2.24) is 14.5 Å². The Bertz CT molecular complexity index is 944. The zero-order valence-electron chi connectivity index (χ0n) is 14.9. The molecule has 1 saturated heterocycles. The van der Waals surface area contributed by atoms with Gasteiger partial charge in [-0.1, -0.05) is 0 Å². The Kier molecular flexibility index (Phi) is 4.30. The molecule has 134 valence electrons. The second kappa shape index (κ2) is 6.76. The number of benzene rings is 1. The Labute approximate surface area is 151 Å². The first-order valence-corrected chi connectivity index (χ1v) is 8.61. The van der Waals surface area contributed by atoms with Gasteiger partial charge in [-0.2, -0.15) is 4.98 Å². The van der Waals surface area contributed by atoms with E-state index in [-0.39, 0.29) is 0 Å². The van der Waals surface area contributed by atoms with Crippen LogP contribution in [-0.2, 0) is 4.74 Å². The molecule has 0 spiro atoms. The highest BCUT2D eigenvalue weighted by Gasteiger charge is 2.18. The van der Waals surface area contributed by atoms with Crippen molar-refractivity contribution >= 4 is 29.0 Å². The lowest BCUT2D eigenvalue weighted by atomic mass is 10.2. The largest absolute Gasteiger partial charge is 0.378 e. The summed E-state index contributed by atoms with van der Waals surface area (Å²) in [6.45, 7) is 3.06. The molecule has 7 nitrogen and oxygen atoms in total. The number of anilines is 2. The number of nitrogens with zero attached hydrogens (tertiary/aromatic N) is 5. The van der Waals surface area contributed by atoms with Gasteiger partial charge in [-0.25, -0.2) is 4.98 Å². The molecule has 3 aromatic rings. The summed E-state index contributed by atoms with van der Waals surface area (Å²) < 4.78 is 7.40. The highest BCUT2D eigenvalue weighted by molar-refractivity contribution is 5.92. The van der Waals surface area contributed by atoms with Gasteiger partial charge in [0.1, 0.15) is 5.82 Å². The molecule has 0 bridgehead atoms. The lowest BCUT2D eigenvalue weighted by Gasteiger charge is -2.29. The van der Waals surface area contributed by atoms with E-state index in [1.54, 1.807) is 6.07 Å². The summed E-state index contributed by atoms with van der Waals surface area (Å²) in [4.78, 5) is 24.6. The summed E-state index contributed by atoms with van der Waals surface area (Å²) in [6.07, 6.45) is 4.54. The number of ether oxygens (including phenoxy) is 1. The van der Waals surface area contributed by atoms with Crippen LogP contribution in [0.25, 0.3) is 16.6 Å². The van der Waals surface area contributed by atoms with Crippen LogP contribution in [0.1, 0.15) is 10.4 Å². The molecular weight excluding hydrogens is 330 g/mol. The molecule has 0 radical (unpaired) electrons. The third kappa shape index (κ3) is 3.01. The maximum Gasteiger partial charge on any atom is 0.227 e. The number of carbonyl (C=O) groups is 1. The summed E-state index contributed by atoms with van der Waals surface area (Å²) in [5, 5.41) is 1.02. The van der Waals surface area contributed by atoms with E-state index in [1.807, 2.05) is 48.1 Å². The van der Waals surface area contributed by atoms with Crippen LogP contribution >= 0.6 is 0 Å². The van der Waals surface area contributed by atoms with Gasteiger partial charge in [0.05, 0.1) is 18.7 Å². The van der Waals surface area contributed by atoms with Gasteiger partial charge in [-0.3, -0.25) is 4.79 Å². The van der Waals surface area contributed by atoms with Crippen molar-refractivity contribution in [2.45, 2.75) is 0 Å². The molecule has 1 aliphatic rings. The molecule has 0 amide bonds. The molecule has 2 aromatic heterocycles. The van der Waals surface area contributed by atoms with Crippen LogP contribution in [-0.4, -0.2) is 61.2 Å². The van der Waals surface area contributed by atoms with Crippen LogP contribution in [0.2, 0.25) is 0 Å². The molecule has 0 N–H and O–H groups in total. The molecular formula is C19H21N5O2. The van der Waals surface area contributed by atoms with Crippen LogP contribution in [0.5, 0.6) is 0 Å². The maximum atomic E-state index is 10.9. The molecule has 4 rings (SSSR count). The van der Waals surface area contributed by atoms with Crippen molar-refractivity contribution in [3.63, 3.8) is 0 Å². The van der Waals surface area contributed by atoms with Crippen LogP contribution in [0, 0.1) is 0 Å². The van der Waals surface area contributed by atoms with E-state index >= 15 is 0 Å². The molecule has 0 saturated carbocycles. The smallest absolute Gasteiger partial charge is 0.227 e. The fraction of sp³-hybridized carbons (Fsp3) is 0.316. The van der Waals surface area contributed by atoms with Gasteiger partial charge in [0.15, 0.2) is 6.29 Å². The number of rotatable bonds is 4. The number of aldehydes is 1. The van der Waals surface area contributed by atoms with Crippen molar-refractivity contribution in [2.24, 2.45) is 0 Å². The van der Waals surface area contributed by atoms with Gasteiger partial charge >= 0.3 is 0 Å². The summed E-state index contributed by atoms with van der Waals surface area (Å²) in [6, 6.07) is 7.90. The Hall–Kier alpha value is -2.93. The molecule has 0 unspecified atom stereocenters. The molecule has 1 aromatic carbocycles. The van der Waals surface area contributed by atoms with Gasteiger partial charge in [-0.15, -0.1) is 0 Å². The van der Waals surface area contributed by atoms with E-state index in [0.29, 0.717) is 24.7 Å². The first-order chi connectivity index (χ1) is 12.7. The Morgan fingerprint density at radius 1 is 1.15 bits per heavy atom. The van der Waals surface area contributed by atoms with Gasteiger partial charge in [-0.05, 0) is 24.3 Å². The Morgan fingerprint density at radius 2 is 1.96 bits per heavy atom. The average molecular weight is 351 g/mol. The predicted molar refractivity (Wildman–Crippen MR) is 102 cm³/mol. The number of aromatic nitrogens is 3. The summed E-state index contributed by atoms with van der Waals surface area (Å²) >= 11 is 0. The van der Waals surface area contributed by atoms with Gasteiger partial charge in [0.2, 0.25) is 5.95 Å². The van der Waals surface area contributed by atoms with E-state index in [0.717, 1.165) is 41.8 Å². The van der Waals surface area contributed by atoms with Gasteiger partial charge < -0.3 is 19.1 Å². The van der Waals surface area contributed by atoms with Gasteiger partial charge in [0, 0.05) is 56.2 Å². The van der Waals surface area contributed by atoms with Crippen LogP contribution < -0.4 is 9.80 Å². The van der Waals surface area contributed by atoms with Crippen molar-refractivity contribution in [3.8, 4) is 5.69 Å². The first kappa shape index (κ1) is 16.5. The lowest BCUT2D eigenvalue weighted by Crippen LogP contribution is -2.37. The highest BCUT2D eigenvalue weighted by Crippen LogP contribution is 2.28. The minimum Gasteiger partial charge on any atom is -0.378 e. The van der Waals surface area contributed by atoms with Crippen molar-refractivity contribution < 1.29 is 9.53 Å². The predicted octanol–water partition coefficient (Wildman–Crippen LogP) is 2.14. The SMILES string of the molecule is CN(C)c1nc(N2CCOCC2)c2ccc(-n3ccc(C=O)c3)cc2n1. The standard InChI is InChI=1S/C19H21N5O2/c1-22(2)19-20-17-11-15(24-6-5-14(12-24)13-25)3-4-16(17)18(21-19)23-7-9-26-10-8-23/h3-6,11-13H,7-10H2,1-2H3. The third-order valence-corrected chi connectivity index (χ3v) is 4.51. The van der Waals surface area contributed by atoms with Crippen molar-refractivity contribution in [2.75, 3.05) is 50.2 Å². The second-order valence-corrected chi connectivity index (χ2v) is 6.51. The minimum absolute atomic E-state index is 0.649. The topological polar surface area (TPSA) is 63.5 Å². The number of hydrogen-bond acceptors (Lipinski definition) is 6. The van der Waals surface area contributed by atoms with Gasteiger partial charge in [0.25, 0.3) is 0 Å². The Morgan fingerprint density at radius 3 is 2.65 bits per heavy atom. The summed E-state index contributed by atoms with van der Waals surface area (Å²) in [5.74, 6) is 1.62. The third-order valence-electron chi connectivity index (χ3n) is 4.51. The molecule has 0 atom stereocenters. The molecule has 0 aliphatic carbocycles. The second-order valence-electron chi connectivity index (χ2n) is 6.51. The van der Waals surface area contributed by atoms with Crippen molar-refractivity contribution in [1.29, 1.82) is 0 Å². The molecule has 1 fully saturated rings. The van der Waals surface area contributed by atoms with Crippen LogP contribution in [0.15, 0.2) is 36.7 Å². The number of fused-ring (bicyclic) bond motifs is 1. The van der Waals surface area contributed by atoms with E-state index in [2.05, 4.69) is 11.0 Å². The minimum atomic E-state index is 0.649. The molecule has 1 aliphatic heterocycles. The van der Waals surface area contributed by atoms with Crippen molar-refractivity contribution in [3.05, 3.63) is 42.2 Å². The zero-order valence-corrected chi connectivity index (χ0v) is 14.9. The number of morpholine rings is 1. The van der Waals surface area contributed by atoms with Crippen LogP contribution in [0.4, 0.5) is 11.8 Å². The highest BCUT2D eigenvalue weighted by atomic mass is 16.5. The maximum absolute atomic E-state index is 10.9. The van der Waals surface area contributed by atoms with E-state index < -0.39 is 0 Å². The fourth-order valence-electron chi connectivity index (χ4n) is 3.11. The number of hydrogen-bond donors (Lipinski definition) is 0. The van der Waals surface area contributed by atoms with E-state index in [4.69, 9.17) is 14.7 Å². The first-order valence-electron chi connectivity index (χ1n) is 8.61. The summed E-state index contributed by atoms with van der Waals surface area (Å²) in [7, 11) is 3.88. The summed E-state index contributed by atoms with van der Waals surface area (Å²) in [5.41, 5.74) is 2.49.